The van der Waals surface area contributed by atoms with Crippen LogP contribution in [0, 0.1) is 12.7 Å². The molecule has 0 bridgehead atoms. The number of likely N-dealkylation sites (N-methyl/N-ethyl adjacent to an activating group) is 1. The fourth-order valence-corrected chi connectivity index (χ4v) is 3.37. The van der Waals surface area contributed by atoms with Crippen molar-refractivity contribution in [3.63, 3.8) is 0 Å². The molecule has 0 atom stereocenters. The lowest BCUT2D eigenvalue weighted by Gasteiger charge is -2.42. The second kappa shape index (κ2) is 7.87. The van der Waals surface area contributed by atoms with Crippen LogP contribution in [0.4, 0.5) is 4.39 Å². The van der Waals surface area contributed by atoms with Gasteiger partial charge in [0.1, 0.15) is 5.82 Å². The lowest BCUT2D eigenvalue weighted by molar-refractivity contribution is -0.139. The van der Waals surface area contributed by atoms with Gasteiger partial charge in [-0.25, -0.2) is 9.07 Å². The SMILES string of the molecule is CCN(CC(=O)O)C1CC(NC(=O)c2cc(C)n(-c3ccc(F)cc3)n2)C1. The summed E-state index contributed by atoms with van der Waals surface area (Å²) in [5.41, 5.74) is 1.76. The van der Waals surface area contributed by atoms with Gasteiger partial charge in [0.2, 0.25) is 0 Å². The summed E-state index contributed by atoms with van der Waals surface area (Å²) in [6.07, 6.45) is 1.45. The number of carbonyl (C=O) groups excluding carboxylic acids is 1. The Morgan fingerprint density at radius 2 is 2.00 bits per heavy atom. The Balaban J connectivity index is 1.59. The van der Waals surface area contributed by atoms with Crippen molar-refractivity contribution < 1.29 is 19.1 Å². The molecule has 8 heteroatoms. The van der Waals surface area contributed by atoms with Gasteiger partial charge in [-0.3, -0.25) is 14.5 Å². The molecule has 1 aliphatic rings. The van der Waals surface area contributed by atoms with E-state index in [1.807, 2.05) is 18.7 Å². The molecule has 1 amide bonds. The van der Waals surface area contributed by atoms with Gasteiger partial charge < -0.3 is 10.4 Å². The largest absolute Gasteiger partial charge is 0.480 e. The summed E-state index contributed by atoms with van der Waals surface area (Å²) in [7, 11) is 0. The number of hydrogen-bond donors (Lipinski definition) is 2. The molecule has 1 aromatic heterocycles. The van der Waals surface area contributed by atoms with E-state index in [1.54, 1.807) is 22.9 Å². The average Bonchev–Trinajstić information content (AvgIpc) is 2.98. The number of benzene rings is 1. The minimum atomic E-state index is -0.842. The molecule has 27 heavy (non-hydrogen) atoms. The molecule has 144 valence electrons. The first-order chi connectivity index (χ1) is 12.9. The molecular weight excluding hydrogens is 351 g/mol. The van der Waals surface area contributed by atoms with E-state index in [2.05, 4.69) is 10.4 Å². The molecule has 0 unspecified atom stereocenters. The molecule has 1 heterocycles. The fraction of sp³-hybridized carbons (Fsp3) is 0.421. The Kier molecular flexibility index (Phi) is 5.55. The van der Waals surface area contributed by atoms with E-state index in [-0.39, 0.29) is 30.4 Å². The second-order valence-electron chi connectivity index (χ2n) is 6.81. The maximum Gasteiger partial charge on any atom is 0.317 e. The second-order valence-corrected chi connectivity index (χ2v) is 6.81. The summed E-state index contributed by atoms with van der Waals surface area (Å²) < 4.78 is 14.7. The smallest absolute Gasteiger partial charge is 0.317 e. The molecule has 1 aliphatic carbocycles. The van der Waals surface area contributed by atoms with Crippen molar-refractivity contribution in [1.82, 2.24) is 20.0 Å². The first-order valence-corrected chi connectivity index (χ1v) is 8.96. The van der Waals surface area contributed by atoms with Gasteiger partial charge in [-0.1, -0.05) is 6.92 Å². The zero-order valence-electron chi connectivity index (χ0n) is 15.4. The summed E-state index contributed by atoms with van der Waals surface area (Å²) in [6.45, 7) is 4.44. The number of halogens is 1. The van der Waals surface area contributed by atoms with Crippen molar-refractivity contribution in [2.75, 3.05) is 13.1 Å². The van der Waals surface area contributed by atoms with Crippen LogP contribution in [0.5, 0.6) is 0 Å². The van der Waals surface area contributed by atoms with Crippen LogP contribution in [0.1, 0.15) is 35.9 Å². The first-order valence-electron chi connectivity index (χ1n) is 8.96. The summed E-state index contributed by atoms with van der Waals surface area (Å²) >= 11 is 0. The van der Waals surface area contributed by atoms with Gasteiger partial charge in [0.25, 0.3) is 5.91 Å². The molecular formula is C19H23FN4O3. The third-order valence-electron chi connectivity index (χ3n) is 4.90. The molecule has 0 aliphatic heterocycles. The normalized spacial score (nSPS) is 19.0. The number of aliphatic carboxylic acids is 1. The van der Waals surface area contributed by atoms with Crippen LogP contribution in [0.3, 0.4) is 0 Å². The number of carbonyl (C=O) groups is 2. The zero-order valence-corrected chi connectivity index (χ0v) is 15.4. The van der Waals surface area contributed by atoms with E-state index in [4.69, 9.17) is 5.11 Å². The third-order valence-corrected chi connectivity index (χ3v) is 4.90. The standard InChI is InChI=1S/C19H23FN4O3/c1-3-23(11-18(25)26)16-9-14(10-16)21-19(27)17-8-12(2)24(22-17)15-6-4-13(20)5-7-15/h4-8,14,16H,3,9-11H2,1-2H3,(H,21,27)(H,25,26). The predicted octanol–water partition coefficient (Wildman–Crippen LogP) is 1.99. The number of nitrogens with one attached hydrogen (secondary N) is 1. The monoisotopic (exact) mass is 374 g/mol. The highest BCUT2D eigenvalue weighted by atomic mass is 19.1. The highest BCUT2D eigenvalue weighted by Crippen LogP contribution is 2.26. The van der Waals surface area contributed by atoms with Gasteiger partial charge in [-0.15, -0.1) is 0 Å². The topological polar surface area (TPSA) is 87.5 Å². The maximum absolute atomic E-state index is 13.1. The molecule has 2 N–H and O–H groups in total. The quantitative estimate of drug-likeness (QED) is 0.774. The number of carboxylic acids is 1. The van der Waals surface area contributed by atoms with E-state index in [1.165, 1.54) is 12.1 Å². The van der Waals surface area contributed by atoms with Crippen molar-refractivity contribution in [1.29, 1.82) is 0 Å². The van der Waals surface area contributed by atoms with Gasteiger partial charge >= 0.3 is 5.97 Å². The number of rotatable bonds is 7. The van der Waals surface area contributed by atoms with Gasteiger partial charge in [0, 0.05) is 17.8 Å². The molecule has 1 aromatic carbocycles. The Morgan fingerprint density at radius 3 is 2.59 bits per heavy atom. The van der Waals surface area contributed by atoms with E-state index < -0.39 is 5.97 Å². The molecule has 2 aromatic rings. The molecule has 0 spiro atoms. The molecule has 7 nitrogen and oxygen atoms in total. The summed E-state index contributed by atoms with van der Waals surface area (Å²) in [5, 5.41) is 16.2. The zero-order chi connectivity index (χ0) is 19.6. The van der Waals surface area contributed by atoms with Gasteiger partial charge in [-0.05, 0) is 56.6 Å². The lowest BCUT2D eigenvalue weighted by Crippen LogP contribution is -2.54. The van der Waals surface area contributed by atoms with Crippen LogP contribution >= 0.6 is 0 Å². The third kappa shape index (κ3) is 4.33. The minimum Gasteiger partial charge on any atom is -0.480 e. The molecule has 1 fully saturated rings. The van der Waals surface area contributed by atoms with Crippen LogP contribution in [0.25, 0.3) is 5.69 Å². The summed E-state index contributed by atoms with van der Waals surface area (Å²) in [5.74, 6) is -1.43. The van der Waals surface area contributed by atoms with E-state index in [9.17, 15) is 14.0 Å². The van der Waals surface area contributed by atoms with E-state index in [0.717, 1.165) is 18.5 Å². The summed E-state index contributed by atoms with van der Waals surface area (Å²) in [4.78, 5) is 25.3. The Bertz CT molecular complexity index is 828. The van der Waals surface area contributed by atoms with Crippen molar-refractivity contribution in [2.45, 2.75) is 38.8 Å². The molecule has 3 rings (SSSR count). The van der Waals surface area contributed by atoms with Crippen molar-refractivity contribution in [2.24, 2.45) is 0 Å². The number of carboxylic acid groups (broad SMARTS) is 1. The minimum absolute atomic E-state index is 0.0154. The summed E-state index contributed by atoms with van der Waals surface area (Å²) in [6, 6.07) is 7.79. The number of amides is 1. The van der Waals surface area contributed by atoms with Gasteiger partial charge in [0.15, 0.2) is 5.69 Å². The predicted molar refractivity (Wildman–Crippen MR) is 97.4 cm³/mol. The first kappa shape index (κ1) is 19.0. The average molecular weight is 374 g/mol. The number of nitrogens with zero attached hydrogens (tertiary/aromatic N) is 3. The van der Waals surface area contributed by atoms with Crippen LogP contribution in [0.15, 0.2) is 30.3 Å². The van der Waals surface area contributed by atoms with Crippen LogP contribution in [-0.4, -0.2) is 56.8 Å². The Hall–Kier alpha value is -2.74. The molecule has 1 saturated carbocycles. The number of aryl methyl sites for hydroxylation is 1. The lowest BCUT2D eigenvalue weighted by atomic mass is 9.85. The fourth-order valence-electron chi connectivity index (χ4n) is 3.37. The van der Waals surface area contributed by atoms with Gasteiger partial charge in [0.05, 0.1) is 12.2 Å². The van der Waals surface area contributed by atoms with E-state index in [0.29, 0.717) is 17.9 Å². The Morgan fingerprint density at radius 1 is 1.33 bits per heavy atom. The Labute approximate surface area is 156 Å². The molecule has 0 radical (unpaired) electrons. The van der Waals surface area contributed by atoms with Crippen LogP contribution < -0.4 is 5.32 Å². The number of aromatic nitrogens is 2. The highest BCUT2D eigenvalue weighted by molar-refractivity contribution is 5.92. The molecule has 0 saturated heterocycles. The van der Waals surface area contributed by atoms with Crippen molar-refractivity contribution in [3.05, 3.63) is 47.5 Å². The van der Waals surface area contributed by atoms with Crippen molar-refractivity contribution in [3.8, 4) is 5.69 Å². The van der Waals surface area contributed by atoms with Crippen molar-refractivity contribution >= 4 is 11.9 Å². The van der Waals surface area contributed by atoms with Crippen LogP contribution in [-0.2, 0) is 4.79 Å². The number of hydrogen-bond acceptors (Lipinski definition) is 4. The highest BCUT2D eigenvalue weighted by Gasteiger charge is 2.35. The van der Waals surface area contributed by atoms with E-state index >= 15 is 0 Å². The van der Waals surface area contributed by atoms with Gasteiger partial charge in [-0.2, -0.15) is 5.10 Å². The van der Waals surface area contributed by atoms with Crippen LogP contribution in [0.2, 0.25) is 0 Å². The maximum atomic E-state index is 13.1.